The van der Waals surface area contributed by atoms with Crippen LogP contribution in [-0.4, -0.2) is 15.6 Å². The fourth-order valence-electron chi connectivity index (χ4n) is 2.30. The maximum atomic E-state index is 5.91. The number of aromatic nitrogens is 2. The molecule has 1 aliphatic rings. The molecule has 14 heavy (non-hydrogen) atoms. The van der Waals surface area contributed by atoms with E-state index in [0.717, 1.165) is 24.3 Å². The number of para-hydroxylation sites is 1. The van der Waals surface area contributed by atoms with Crippen LogP contribution in [0.5, 0.6) is 0 Å². The first-order valence-electron chi connectivity index (χ1n) is 4.96. The van der Waals surface area contributed by atoms with Gasteiger partial charge >= 0.3 is 0 Å². The third-order valence-corrected chi connectivity index (χ3v) is 2.91. The van der Waals surface area contributed by atoms with Crippen molar-refractivity contribution >= 4 is 11.0 Å². The van der Waals surface area contributed by atoms with Gasteiger partial charge in [0.2, 0.25) is 0 Å². The number of benzene rings is 1. The molecule has 0 saturated carbocycles. The van der Waals surface area contributed by atoms with Crippen molar-refractivity contribution < 1.29 is 0 Å². The van der Waals surface area contributed by atoms with Gasteiger partial charge in [0.15, 0.2) is 0 Å². The molecule has 1 atom stereocenters. The van der Waals surface area contributed by atoms with Gasteiger partial charge in [-0.2, -0.15) is 0 Å². The Morgan fingerprint density at radius 2 is 2.36 bits per heavy atom. The first kappa shape index (κ1) is 8.00. The summed E-state index contributed by atoms with van der Waals surface area (Å²) in [5.74, 6) is 1.14. The molecule has 1 unspecified atom stereocenters. The highest BCUT2D eigenvalue weighted by atomic mass is 15.1. The van der Waals surface area contributed by atoms with Gasteiger partial charge < -0.3 is 10.3 Å². The van der Waals surface area contributed by atoms with E-state index in [1.165, 1.54) is 11.1 Å². The lowest BCUT2D eigenvalue weighted by molar-refractivity contribution is 0.651. The van der Waals surface area contributed by atoms with Gasteiger partial charge in [-0.15, -0.1) is 0 Å². The molecule has 2 heterocycles. The van der Waals surface area contributed by atoms with Crippen molar-refractivity contribution in [1.29, 1.82) is 0 Å². The van der Waals surface area contributed by atoms with Crippen molar-refractivity contribution in [3.8, 4) is 0 Å². The summed E-state index contributed by atoms with van der Waals surface area (Å²) in [6, 6.07) is 6.50. The molecule has 0 saturated heterocycles. The molecule has 0 spiro atoms. The van der Waals surface area contributed by atoms with E-state index in [2.05, 4.69) is 34.7 Å². The average molecular weight is 187 g/mol. The quantitative estimate of drug-likeness (QED) is 0.674. The summed E-state index contributed by atoms with van der Waals surface area (Å²) in [4.78, 5) is 4.59. The Morgan fingerprint density at radius 1 is 1.50 bits per heavy atom. The summed E-state index contributed by atoms with van der Waals surface area (Å²) < 4.78 is 2.26. The van der Waals surface area contributed by atoms with Crippen LogP contribution in [0.25, 0.3) is 11.0 Å². The molecule has 2 N–H and O–H groups in total. The normalized spacial score (nSPS) is 20.3. The largest absolute Gasteiger partial charge is 0.326 e. The standard InChI is InChI=1S/C11H13N3/c1-7-3-2-4-9-11(7)14-6-8(12)5-10(14)13-9/h2-4,8H,5-6,12H2,1H3. The minimum atomic E-state index is 0.251. The number of hydrogen-bond acceptors (Lipinski definition) is 2. The summed E-state index contributed by atoms with van der Waals surface area (Å²) in [5.41, 5.74) is 9.56. The molecule has 0 radical (unpaired) electrons. The number of nitrogens with two attached hydrogens (primary N) is 1. The fourth-order valence-corrected chi connectivity index (χ4v) is 2.30. The fraction of sp³-hybridized carbons (Fsp3) is 0.364. The third-order valence-electron chi connectivity index (χ3n) is 2.91. The maximum Gasteiger partial charge on any atom is 0.111 e. The van der Waals surface area contributed by atoms with Crippen molar-refractivity contribution in [2.24, 2.45) is 5.73 Å². The van der Waals surface area contributed by atoms with Crippen molar-refractivity contribution in [1.82, 2.24) is 9.55 Å². The Balaban J connectivity index is 2.35. The second-order valence-electron chi connectivity index (χ2n) is 4.05. The summed E-state index contributed by atoms with van der Waals surface area (Å²) in [7, 11) is 0. The Kier molecular flexibility index (Phi) is 1.47. The Bertz CT molecular complexity index is 498. The van der Waals surface area contributed by atoms with Crippen LogP contribution in [0.1, 0.15) is 11.4 Å². The van der Waals surface area contributed by atoms with Crippen LogP contribution < -0.4 is 5.73 Å². The van der Waals surface area contributed by atoms with Crippen molar-refractivity contribution in [2.75, 3.05) is 0 Å². The first-order chi connectivity index (χ1) is 6.75. The van der Waals surface area contributed by atoms with Gasteiger partial charge in [0.25, 0.3) is 0 Å². The maximum absolute atomic E-state index is 5.91. The Hall–Kier alpha value is -1.35. The lowest BCUT2D eigenvalue weighted by Gasteiger charge is -2.03. The second-order valence-corrected chi connectivity index (χ2v) is 4.05. The summed E-state index contributed by atoms with van der Waals surface area (Å²) in [6.07, 6.45) is 0.911. The lowest BCUT2D eigenvalue weighted by Crippen LogP contribution is -2.20. The molecule has 0 fully saturated rings. The molecule has 2 aromatic rings. The number of rotatable bonds is 0. The zero-order valence-corrected chi connectivity index (χ0v) is 8.20. The molecule has 0 aliphatic carbocycles. The van der Waals surface area contributed by atoms with Crippen LogP contribution in [0.3, 0.4) is 0 Å². The minimum Gasteiger partial charge on any atom is -0.326 e. The van der Waals surface area contributed by atoms with E-state index in [1.807, 2.05) is 0 Å². The molecule has 1 aromatic carbocycles. The Morgan fingerprint density at radius 3 is 3.21 bits per heavy atom. The number of fused-ring (bicyclic) bond motifs is 3. The highest BCUT2D eigenvalue weighted by Gasteiger charge is 2.22. The van der Waals surface area contributed by atoms with Gasteiger partial charge in [0.05, 0.1) is 11.0 Å². The van der Waals surface area contributed by atoms with E-state index in [0.29, 0.717) is 0 Å². The first-order valence-corrected chi connectivity index (χ1v) is 4.96. The van der Waals surface area contributed by atoms with E-state index < -0.39 is 0 Å². The highest BCUT2D eigenvalue weighted by molar-refractivity contribution is 5.79. The summed E-state index contributed by atoms with van der Waals surface area (Å²) in [6.45, 7) is 3.04. The molecule has 0 bridgehead atoms. The van der Waals surface area contributed by atoms with Crippen LogP contribution in [0, 0.1) is 6.92 Å². The van der Waals surface area contributed by atoms with E-state index in [-0.39, 0.29) is 6.04 Å². The van der Waals surface area contributed by atoms with Gasteiger partial charge in [-0.3, -0.25) is 0 Å². The van der Waals surface area contributed by atoms with Gasteiger partial charge in [-0.1, -0.05) is 12.1 Å². The van der Waals surface area contributed by atoms with Crippen LogP contribution in [0.4, 0.5) is 0 Å². The van der Waals surface area contributed by atoms with E-state index in [1.54, 1.807) is 0 Å². The molecule has 1 aromatic heterocycles. The molecular formula is C11H13N3. The molecule has 3 nitrogen and oxygen atoms in total. The van der Waals surface area contributed by atoms with Crippen molar-refractivity contribution in [2.45, 2.75) is 25.9 Å². The van der Waals surface area contributed by atoms with Crippen LogP contribution in [0.15, 0.2) is 18.2 Å². The minimum absolute atomic E-state index is 0.251. The molecule has 1 aliphatic heterocycles. The predicted octanol–water partition coefficient (Wildman–Crippen LogP) is 1.23. The molecule has 72 valence electrons. The SMILES string of the molecule is Cc1cccc2nc3n(c12)CC(N)C3. The third kappa shape index (κ3) is 0.930. The van der Waals surface area contributed by atoms with Gasteiger partial charge in [-0.25, -0.2) is 4.98 Å². The summed E-state index contributed by atoms with van der Waals surface area (Å²) in [5, 5.41) is 0. The number of imidazole rings is 1. The average Bonchev–Trinajstić information content (AvgIpc) is 2.60. The zero-order valence-electron chi connectivity index (χ0n) is 8.20. The predicted molar refractivity (Wildman–Crippen MR) is 56.1 cm³/mol. The van der Waals surface area contributed by atoms with E-state index in [4.69, 9.17) is 5.73 Å². The summed E-state index contributed by atoms with van der Waals surface area (Å²) >= 11 is 0. The molecular weight excluding hydrogens is 174 g/mol. The highest BCUT2D eigenvalue weighted by Crippen LogP contribution is 2.24. The van der Waals surface area contributed by atoms with E-state index in [9.17, 15) is 0 Å². The van der Waals surface area contributed by atoms with Crippen molar-refractivity contribution in [3.63, 3.8) is 0 Å². The van der Waals surface area contributed by atoms with Gasteiger partial charge in [-0.05, 0) is 18.6 Å². The number of aryl methyl sites for hydroxylation is 1. The van der Waals surface area contributed by atoms with Crippen LogP contribution in [0.2, 0.25) is 0 Å². The molecule has 3 rings (SSSR count). The van der Waals surface area contributed by atoms with Crippen molar-refractivity contribution in [3.05, 3.63) is 29.6 Å². The smallest absolute Gasteiger partial charge is 0.111 e. The number of hydrogen-bond donors (Lipinski definition) is 1. The lowest BCUT2D eigenvalue weighted by atomic mass is 10.2. The second kappa shape index (κ2) is 2.58. The molecule has 0 amide bonds. The van der Waals surface area contributed by atoms with Crippen LogP contribution >= 0.6 is 0 Å². The van der Waals surface area contributed by atoms with Gasteiger partial charge in [0.1, 0.15) is 5.82 Å². The topological polar surface area (TPSA) is 43.8 Å². The monoisotopic (exact) mass is 187 g/mol. The molecule has 3 heteroatoms. The van der Waals surface area contributed by atoms with E-state index >= 15 is 0 Å². The zero-order chi connectivity index (χ0) is 9.71. The van der Waals surface area contributed by atoms with Crippen LogP contribution in [-0.2, 0) is 13.0 Å². The van der Waals surface area contributed by atoms with Gasteiger partial charge in [0, 0.05) is 19.0 Å². The number of nitrogens with zero attached hydrogens (tertiary/aromatic N) is 2. The Labute approximate surface area is 82.5 Å².